The third kappa shape index (κ3) is 3.21. The Morgan fingerprint density at radius 3 is 2.62 bits per heavy atom. The van der Waals surface area contributed by atoms with Gasteiger partial charge in [0.05, 0.1) is 5.92 Å². The first kappa shape index (κ1) is 15.0. The molecule has 21 heavy (non-hydrogen) atoms. The SMILES string of the molecule is CC(NC(=O)CN1Cc2ccccc2C1=O)C(C)C(=O)O. The molecule has 0 aliphatic carbocycles. The minimum atomic E-state index is -0.965. The molecule has 2 N–H and O–H groups in total. The van der Waals surface area contributed by atoms with Gasteiger partial charge in [-0.25, -0.2) is 0 Å². The van der Waals surface area contributed by atoms with Gasteiger partial charge >= 0.3 is 5.97 Å². The van der Waals surface area contributed by atoms with E-state index >= 15 is 0 Å². The monoisotopic (exact) mass is 290 g/mol. The lowest BCUT2D eigenvalue weighted by Gasteiger charge is -2.20. The van der Waals surface area contributed by atoms with Crippen LogP contribution in [0.2, 0.25) is 0 Å². The highest BCUT2D eigenvalue weighted by atomic mass is 16.4. The Morgan fingerprint density at radius 2 is 2.00 bits per heavy atom. The summed E-state index contributed by atoms with van der Waals surface area (Å²) in [5.41, 5.74) is 1.53. The number of nitrogens with zero attached hydrogens (tertiary/aromatic N) is 1. The van der Waals surface area contributed by atoms with E-state index in [9.17, 15) is 14.4 Å². The van der Waals surface area contributed by atoms with Crippen LogP contribution in [0.1, 0.15) is 29.8 Å². The zero-order chi connectivity index (χ0) is 15.6. The van der Waals surface area contributed by atoms with Crippen LogP contribution in [0.3, 0.4) is 0 Å². The fourth-order valence-electron chi connectivity index (χ4n) is 2.25. The maximum atomic E-state index is 12.1. The molecule has 2 unspecified atom stereocenters. The molecule has 1 aliphatic heterocycles. The number of rotatable bonds is 5. The van der Waals surface area contributed by atoms with Gasteiger partial charge in [0.2, 0.25) is 5.91 Å². The molecule has 1 heterocycles. The number of amides is 2. The number of carbonyl (C=O) groups is 3. The third-order valence-electron chi connectivity index (χ3n) is 3.76. The van der Waals surface area contributed by atoms with Crippen LogP contribution in [-0.4, -0.2) is 40.4 Å². The van der Waals surface area contributed by atoms with Crippen LogP contribution in [0.5, 0.6) is 0 Å². The van der Waals surface area contributed by atoms with Crippen molar-refractivity contribution in [2.24, 2.45) is 5.92 Å². The largest absolute Gasteiger partial charge is 0.481 e. The van der Waals surface area contributed by atoms with E-state index in [2.05, 4.69) is 5.32 Å². The molecule has 0 fully saturated rings. The molecule has 1 aromatic rings. The van der Waals surface area contributed by atoms with Crippen LogP contribution in [-0.2, 0) is 16.1 Å². The molecule has 1 aliphatic rings. The van der Waals surface area contributed by atoms with Gasteiger partial charge in [-0.3, -0.25) is 14.4 Å². The highest BCUT2D eigenvalue weighted by Gasteiger charge is 2.29. The van der Waals surface area contributed by atoms with Crippen LogP contribution in [0, 0.1) is 5.92 Å². The zero-order valence-electron chi connectivity index (χ0n) is 12.0. The molecule has 6 nitrogen and oxygen atoms in total. The molecule has 0 spiro atoms. The van der Waals surface area contributed by atoms with Gasteiger partial charge in [-0.1, -0.05) is 18.2 Å². The molecule has 0 bridgehead atoms. The number of hydrogen-bond donors (Lipinski definition) is 2. The number of carbonyl (C=O) groups excluding carboxylic acids is 2. The molecule has 6 heteroatoms. The Labute approximate surface area is 122 Å². The summed E-state index contributed by atoms with van der Waals surface area (Å²) >= 11 is 0. The number of fused-ring (bicyclic) bond motifs is 1. The van der Waals surface area contributed by atoms with Crippen LogP contribution >= 0.6 is 0 Å². The first-order valence-corrected chi connectivity index (χ1v) is 6.79. The number of hydrogen-bond acceptors (Lipinski definition) is 3. The smallest absolute Gasteiger partial charge is 0.308 e. The molecule has 2 atom stereocenters. The van der Waals surface area contributed by atoms with Crippen molar-refractivity contribution in [3.05, 3.63) is 35.4 Å². The van der Waals surface area contributed by atoms with Gasteiger partial charge < -0.3 is 15.3 Å². The van der Waals surface area contributed by atoms with E-state index in [1.807, 2.05) is 12.1 Å². The third-order valence-corrected chi connectivity index (χ3v) is 3.76. The minimum Gasteiger partial charge on any atom is -0.481 e. The van der Waals surface area contributed by atoms with E-state index in [1.54, 1.807) is 19.1 Å². The van der Waals surface area contributed by atoms with Gasteiger partial charge in [0.15, 0.2) is 0 Å². The van der Waals surface area contributed by atoms with Gasteiger partial charge in [0, 0.05) is 18.2 Å². The topological polar surface area (TPSA) is 86.7 Å². The molecular formula is C15H18N2O4. The van der Waals surface area contributed by atoms with Crippen molar-refractivity contribution >= 4 is 17.8 Å². The quantitative estimate of drug-likeness (QED) is 0.842. The fourth-order valence-corrected chi connectivity index (χ4v) is 2.25. The van der Waals surface area contributed by atoms with Gasteiger partial charge in [-0.15, -0.1) is 0 Å². The van der Waals surface area contributed by atoms with Crippen LogP contribution < -0.4 is 5.32 Å². The predicted molar refractivity (Wildman–Crippen MR) is 75.6 cm³/mol. The van der Waals surface area contributed by atoms with Gasteiger partial charge in [-0.2, -0.15) is 0 Å². The molecule has 0 radical (unpaired) electrons. The molecule has 2 rings (SSSR count). The van der Waals surface area contributed by atoms with Crippen molar-refractivity contribution < 1.29 is 19.5 Å². The van der Waals surface area contributed by atoms with E-state index in [-0.39, 0.29) is 18.4 Å². The highest BCUT2D eigenvalue weighted by molar-refractivity contribution is 6.00. The van der Waals surface area contributed by atoms with E-state index in [0.29, 0.717) is 12.1 Å². The second kappa shape index (κ2) is 5.95. The second-order valence-electron chi connectivity index (χ2n) is 5.30. The second-order valence-corrected chi connectivity index (χ2v) is 5.30. The first-order chi connectivity index (χ1) is 9.90. The molecule has 0 saturated heterocycles. The summed E-state index contributed by atoms with van der Waals surface area (Å²) in [7, 11) is 0. The number of aliphatic carboxylic acids is 1. The Kier molecular flexibility index (Phi) is 4.26. The lowest BCUT2D eigenvalue weighted by molar-refractivity contribution is -0.142. The Hall–Kier alpha value is -2.37. The zero-order valence-corrected chi connectivity index (χ0v) is 12.0. The number of nitrogens with one attached hydrogen (secondary N) is 1. The van der Waals surface area contributed by atoms with Crippen molar-refractivity contribution in [2.75, 3.05) is 6.54 Å². The van der Waals surface area contributed by atoms with Gasteiger partial charge in [-0.05, 0) is 25.5 Å². The van der Waals surface area contributed by atoms with Gasteiger partial charge in [0.1, 0.15) is 6.54 Å². The molecule has 112 valence electrons. The average molecular weight is 290 g/mol. The van der Waals surface area contributed by atoms with Gasteiger partial charge in [0.25, 0.3) is 5.91 Å². The summed E-state index contributed by atoms with van der Waals surface area (Å²) < 4.78 is 0. The fraction of sp³-hybridized carbons (Fsp3) is 0.400. The summed E-state index contributed by atoms with van der Waals surface area (Å²) in [5.74, 6) is -2.16. The van der Waals surface area contributed by atoms with E-state index in [0.717, 1.165) is 5.56 Å². The molecular weight excluding hydrogens is 272 g/mol. The Balaban J connectivity index is 1.93. The Bertz CT molecular complexity index is 585. The molecule has 0 saturated carbocycles. The number of carboxylic acid groups (broad SMARTS) is 1. The summed E-state index contributed by atoms with van der Waals surface area (Å²) in [6, 6.07) is 6.75. The van der Waals surface area contributed by atoms with Crippen molar-refractivity contribution in [1.29, 1.82) is 0 Å². The van der Waals surface area contributed by atoms with Crippen molar-refractivity contribution in [2.45, 2.75) is 26.4 Å². The predicted octanol–water partition coefficient (Wildman–Crippen LogP) is 0.868. The lowest BCUT2D eigenvalue weighted by atomic mass is 10.0. The van der Waals surface area contributed by atoms with Crippen molar-refractivity contribution in [1.82, 2.24) is 10.2 Å². The van der Waals surface area contributed by atoms with E-state index in [4.69, 9.17) is 5.11 Å². The number of carboxylic acids is 1. The van der Waals surface area contributed by atoms with Crippen LogP contribution in [0.15, 0.2) is 24.3 Å². The maximum Gasteiger partial charge on any atom is 0.308 e. The maximum absolute atomic E-state index is 12.1. The van der Waals surface area contributed by atoms with Crippen LogP contribution in [0.4, 0.5) is 0 Å². The van der Waals surface area contributed by atoms with E-state index in [1.165, 1.54) is 11.8 Å². The first-order valence-electron chi connectivity index (χ1n) is 6.79. The molecule has 1 aromatic carbocycles. The lowest BCUT2D eigenvalue weighted by Crippen LogP contribution is -2.45. The highest BCUT2D eigenvalue weighted by Crippen LogP contribution is 2.21. The summed E-state index contributed by atoms with van der Waals surface area (Å²) in [5, 5.41) is 11.5. The average Bonchev–Trinajstić information content (AvgIpc) is 2.74. The summed E-state index contributed by atoms with van der Waals surface area (Å²) in [4.78, 5) is 36.4. The molecule has 0 aromatic heterocycles. The summed E-state index contributed by atoms with van der Waals surface area (Å²) in [6.45, 7) is 3.51. The number of benzene rings is 1. The normalized spacial score (nSPS) is 16.3. The van der Waals surface area contributed by atoms with Crippen molar-refractivity contribution in [3.8, 4) is 0 Å². The molecule has 2 amide bonds. The minimum absolute atomic E-state index is 0.0653. The summed E-state index contributed by atoms with van der Waals surface area (Å²) in [6.07, 6.45) is 0. The standard InChI is InChI=1S/C15H18N2O4/c1-9(15(20)21)10(2)16-13(18)8-17-7-11-5-3-4-6-12(11)14(17)19/h3-6,9-10H,7-8H2,1-2H3,(H,16,18)(H,20,21). The van der Waals surface area contributed by atoms with Crippen LogP contribution in [0.25, 0.3) is 0 Å². The van der Waals surface area contributed by atoms with E-state index < -0.39 is 17.9 Å². The Morgan fingerprint density at radius 1 is 1.33 bits per heavy atom. The van der Waals surface area contributed by atoms with Crippen molar-refractivity contribution in [3.63, 3.8) is 0 Å².